The van der Waals surface area contributed by atoms with Crippen LogP contribution in [-0.2, 0) is 0 Å². The highest BCUT2D eigenvalue weighted by atomic mass is 35.5. The third kappa shape index (κ3) is 3.05. The summed E-state index contributed by atoms with van der Waals surface area (Å²) in [5.41, 5.74) is 1.03. The van der Waals surface area contributed by atoms with Crippen LogP contribution in [0.2, 0.25) is 5.02 Å². The minimum atomic E-state index is -0.478. The minimum absolute atomic E-state index is 0.0587. The molecule has 0 bridgehead atoms. The summed E-state index contributed by atoms with van der Waals surface area (Å²) in [6.07, 6.45) is 0. The average molecular weight is 295 g/mol. The van der Waals surface area contributed by atoms with Gasteiger partial charge >= 0.3 is 0 Å². The summed E-state index contributed by atoms with van der Waals surface area (Å²) in [4.78, 5) is 0. The number of rotatable bonds is 4. The summed E-state index contributed by atoms with van der Waals surface area (Å²) >= 11 is 6.20. The molecule has 2 aromatic rings. The molecule has 0 aliphatic heterocycles. The van der Waals surface area contributed by atoms with Crippen molar-refractivity contribution in [2.24, 2.45) is 0 Å². The van der Waals surface area contributed by atoms with Gasteiger partial charge in [-0.05, 0) is 35.7 Å². The summed E-state index contributed by atoms with van der Waals surface area (Å²) in [6.45, 7) is 4.11. The number of ether oxygens (including phenoxy) is 2. The zero-order valence-corrected chi connectivity index (χ0v) is 12.4. The largest absolute Gasteiger partial charge is 0.493 e. The zero-order chi connectivity index (χ0) is 14.7. The number of methoxy groups -OCH3 is 1. The predicted octanol–water partition coefficient (Wildman–Crippen LogP) is 5.40. The second-order valence-corrected chi connectivity index (χ2v) is 5.12. The topological polar surface area (TPSA) is 18.5 Å². The molecular weight excluding hydrogens is 279 g/mol. The van der Waals surface area contributed by atoms with E-state index in [1.54, 1.807) is 24.3 Å². The Morgan fingerprint density at radius 2 is 1.90 bits per heavy atom. The molecule has 0 heterocycles. The fourth-order valence-corrected chi connectivity index (χ4v) is 2.30. The molecule has 2 rings (SSSR count). The van der Waals surface area contributed by atoms with E-state index in [9.17, 15) is 4.39 Å². The molecule has 2 aromatic carbocycles. The van der Waals surface area contributed by atoms with Crippen molar-refractivity contribution in [1.29, 1.82) is 0 Å². The van der Waals surface area contributed by atoms with Gasteiger partial charge in [0.25, 0.3) is 0 Å². The van der Waals surface area contributed by atoms with Crippen LogP contribution in [-0.4, -0.2) is 7.11 Å². The van der Waals surface area contributed by atoms with Gasteiger partial charge < -0.3 is 9.47 Å². The molecule has 0 aliphatic carbocycles. The van der Waals surface area contributed by atoms with E-state index in [0.29, 0.717) is 22.4 Å². The number of halogens is 2. The van der Waals surface area contributed by atoms with Crippen molar-refractivity contribution in [2.75, 3.05) is 7.11 Å². The third-order valence-corrected chi connectivity index (χ3v) is 3.29. The Bertz CT molecular complexity index is 611. The number of hydrogen-bond donors (Lipinski definition) is 0. The lowest BCUT2D eigenvalue weighted by Gasteiger charge is -2.13. The van der Waals surface area contributed by atoms with Crippen LogP contribution in [0.1, 0.15) is 25.3 Å². The summed E-state index contributed by atoms with van der Waals surface area (Å²) in [5, 5.41) is 0.604. The van der Waals surface area contributed by atoms with Gasteiger partial charge in [0.1, 0.15) is 5.75 Å². The lowest BCUT2D eigenvalue weighted by molar-refractivity contribution is 0.364. The highest BCUT2D eigenvalue weighted by molar-refractivity contribution is 6.31. The van der Waals surface area contributed by atoms with Crippen LogP contribution in [0.5, 0.6) is 17.2 Å². The molecule has 0 spiro atoms. The van der Waals surface area contributed by atoms with Crippen LogP contribution < -0.4 is 9.47 Å². The fraction of sp³-hybridized carbons (Fsp3) is 0.250. The first kappa shape index (κ1) is 14.7. The standard InChI is InChI=1S/C16H16ClFO2/c1-10(2)12-8-7-11(9-13(12)17)20-16-14(18)5-4-6-15(16)19-3/h4-10H,1-3H3. The van der Waals surface area contributed by atoms with Crippen LogP contribution >= 0.6 is 11.6 Å². The second kappa shape index (κ2) is 6.14. The molecule has 0 saturated heterocycles. The van der Waals surface area contributed by atoms with E-state index >= 15 is 0 Å². The van der Waals surface area contributed by atoms with Gasteiger partial charge in [0.2, 0.25) is 5.75 Å². The number of para-hydroxylation sites is 1. The lowest BCUT2D eigenvalue weighted by atomic mass is 10.0. The van der Waals surface area contributed by atoms with Crippen LogP contribution in [0, 0.1) is 5.82 Å². The van der Waals surface area contributed by atoms with E-state index in [0.717, 1.165) is 5.56 Å². The van der Waals surface area contributed by atoms with Gasteiger partial charge in [-0.1, -0.05) is 37.6 Å². The van der Waals surface area contributed by atoms with Gasteiger partial charge in [0.15, 0.2) is 11.6 Å². The first-order valence-corrected chi connectivity index (χ1v) is 6.70. The third-order valence-electron chi connectivity index (χ3n) is 2.96. The predicted molar refractivity (Wildman–Crippen MR) is 78.6 cm³/mol. The Balaban J connectivity index is 2.34. The molecule has 0 unspecified atom stereocenters. The summed E-state index contributed by atoms with van der Waals surface area (Å²) in [5.74, 6) is 0.716. The maximum Gasteiger partial charge on any atom is 0.204 e. The quantitative estimate of drug-likeness (QED) is 0.751. The monoisotopic (exact) mass is 294 g/mol. The van der Waals surface area contributed by atoms with E-state index in [2.05, 4.69) is 13.8 Å². The fourth-order valence-electron chi connectivity index (χ4n) is 1.91. The van der Waals surface area contributed by atoms with Crippen LogP contribution in [0.4, 0.5) is 4.39 Å². The maximum absolute atomic E-state index is 13.8. The van der Waals surface area contributed by atoms with Crippen molar-refractivity contribution in [3.8, 4) is 17.2 Å². The molecule has 20 heavy (non-hydrogen) atoms. The van der Waals surface area contributed by atoms with Crippen molar-refractivity contribution in [3.63, 3.8) is 0 Å². The van der Waals surface area contributed by atoms with Gasteiger partial charge in [0.05, 0.1) is 7.11 Å². The molecule has 0 amide bonds. The summed E-state index contributed by atoms with van der Waals surface area (Å²) in [7, 11) is 1.47. The van der Waals surface area contributed by atoms with Crippen LogP contribution in [0.3, 0.4) is 0 Å². The molecule has 0 atom stereocenters. The first-order chi connectivity index (χ1) is 9.52. The molecule has 0 aromatic heterocycles. The molecule has 0 saturated carbocycles. The molecular formula is C16H16ClFO2. The van der Waals surface area contributed by atoms with Gasteiger partial charge in [-0.3, -0.25) is 0 Å². The van der Waals surface area contributed by atoms with E-state index < -0.39 is 5.82 Å². The minimum Gasteiger partial charge on any atom is -0.493 e. The SMILES string of the molecule is COc1cccc(F)c1Oc1ccc(C(C)C)c(Cl)c1. The highest BCUT2D eigenvalue weighted by Gasteiger charge is 2.13. The zero-order valence-electron chi connectivity index (χ0n) is 11.6. The van der Waals surface area contributed by atoms with Crippen molar-refractivity contribution in [2.45, 2.75) is 19.8 Å². The average Bonchev–Trinajstić information content (AvgIpc) is 2.40. The van der Waals surface area contributed by atoms with Gasteiger partial charge in [0, 0.05) is 5.02 Å². The van der Waals surface area contributed by atoms with Crippen molar-refractivity contribution in [3.05, 3.63) is 52.8 Å². The molecule has 2 nitrogen and oxygen atoms in total. The number of hydrogen-bond acceptors (Lipinski definition) is 2. The van der Waals surface area contributed by atoms with Crippen LogP contribution in [0.25, 0.3) is 0 Å². The molecule has 0 aliphatic rings. The smallest absolute Gasteiger partial charge is 0.204 e. The van der Waals surface area contributed by atoms with Gasteiger partial charge in [-0.2, -0.15) is 0 Å². The van der Waals surface area contributed by atoms with Crippen LogP contribution in [0.15, 0.2) is 36.4 Å². The first-order valence-electron chi connectivity index (χ1n) is 6.32. The Kier molecular flexibility index (Phi) is 4.50. The van der Waals surface area contributed by atoms with E-state index in [1.807, 2.05) is 6.07 Å². The maximum atomic E-state index is 13.8. The Morgan fingerprint density at radius 3 is 2.50 bits per heavy atom. The Hall–Kier alpha value is -1.74. The van der Waals surface area contributed by atoms with E-state index in [1.165, 1.54) is 13.2 Å². The Labute approximate surface area is 123 Å². The summed E-state index contributed by atoms with van der Waals surface area (Å²) in [6, 6.07) is 9.87. The second-order valence-electron chi connectivity index (χ2n) is 4.71. The van der Waals surface area contributed by atoms with Gasteiger partial charge in [-0.15, -0.1) is 0 Å². The van der Waals surface area contributed by atoms with E-state index in [-0.39, 0.29) is 5.75 Å². The lowest BCUT2D eigenvalue weighted by Crippen LogP contribution is -1.94. The van der Waals surface area contributed by atoms with E-state index in [4.69, 9.17) is 21.1 Å². The molecule has 0 N–H and O–H groups in total. The highest BCUT2D eigenvalue weighted by Crippen LogP contribution is 2.36. The molecule has 0 fully saturated rings. The molecule has 0 radical (unpaired) electrons. The van der Waals surface area contributed by atoms with Gasteiger partial charge in [-0.25, -0.2) is 4.39 Å². The van der Waals surface area contributed by atoms with Crippen molar-refractivity contribution >= 4 is 11.6 Å². The normalized spacial score (nSPS) is 10.7. The molecule has 4 heteroatoms. The van der Waals surface area contributed by atoms with Crippen molar-refractivity contribution < 1.29 is 13.9 Å². The number of benzene rings is 2. The Morgan fingerprint density at radius 1 is 1.15 bits per heavy atom. The summed E-state index contributed by atoms with van der Waals surface area (Å²) < 4.78 is 24.4. The van der Waals surface area contributed by atoms with Crippen molar-refractivity contribution in [1.82, 2.24) is 0 Å². The molecule has 106 valence electrons.